The van der Waals surface area contributed by atoms with E-state index in [1.165, 1.54) is 193 Å². The number of hydrogen-bond donors (Lipinski definition) is 0. The highest BCUT2D eigenvalue weighted by atomic mass is 16.6. The van der Waals surface area contributed by atoms with Crippen LogP contribution < -0.4 is 0 Å². The molecule has 0 aliphatic heterocycles. The Labute approximate surface area is 490 Å². The third-order valence-corrected chi connectivity index (χ3v) is 14.9. The first-order valence-corrected chi connectivity index (χ1v) is 34.1. The zero-order chi connectivity index (χ0) is 57.1. The van der Waals surface area contributed by atoms with Crippen LogP contribution in [-0.2, 0) is 28.6 Å². The van der Waals surface area contributed by atoms with E-state index < -0.39 is 6.10 Å². The molecule has 79 heavy (non-hydrogen) atoms. The molecule has 0 spiro atoms. The average molecular weight is 1100 g/mol. The summed E-state index contributed by atoms with van der Waals surface area (Å²) in [7, 11) is 0. The summed E-state index contributed by atoms with van der Waals surface area (Å²) < 4.78 is 16.9. The minimum atomic E-state index is -0.789. The molecule has 0 fully saturated rings. The summed E-state index contributed by atoms with van der Waals surface area (Å²) in [6.07, 6.45) is 89.1. The molecule has 6 heteroatoms. The van der Waals surface area contributed by atoms with Gasteiger partial charge in [0, 0.05) is 19.3 Å². The van der Waals surface area contributed by atoms with Crippen molar-refractivity contribution in [1.29, 1.82) is 0 Å². The number of ether oxygens (including phenoxy) is 3. The number of carbonyl (C=O) groups is 3. The Balaban J connectivity index is 4.18. The van der Waals surface area contributed by atoms with Gasteiger partial charge in [-0.25, -0.2) is 0 Å². The Morgan fingerprint density at radius 1 is 0.266 bits per heavy atom. The summed E-state index contributed by atoms with van der Waals surface area (Å²) in [5.41, 5.74) is 0. The SMILES string of the molecule is CC/C=C\C/C=C\C/C=C\C/C=C\C/C=C\C/C=C\CCCCCCC(=O)OC(COC(=O)CCCCCCCCCCC)COC(=O)CCCCCCCCCCCCCCCCCCC/C=C\CCCCCCCCCC. The second-order valence-electron chi connectivity index (χ2n) is 22.7. The lowest BCUT2D eigenvalue weighted by molar-refractivity contribution is -0.167. The van der Waals surface area contributed by atoms with Crippen molar-refractivity contribution < 1.29 is 28.6 Å². The van der Waals surface area contributed by atoms with E-state index >= 15 is 0 Å². The molecule has 0 rings (SSSR count). The fraction of sp³-hybridized carbons (Fsp3) is 0.767. The lowest BCUT2D eigenvalue weighted by atomic mass is 10.0. The summed E-state index contributed by atoms with van der Waals surface area (Å²) >= 11 is 0. The lowest BCUT2D eigenvalue weighted by Crippen LogP contribution is -2.30. The van der Waals surface area contributed by atoms with Crippen molar-refractivity contribution >= 4 is 17.9 Å². The molecule has 0 saturated carbocycles. The molecule has 0 aliphatic carbocycles. The summed E-state index contributed by atoms with van der Waals surface area (Å²) in [5, 5.41) is 0. The highest BCUT2D eigenvalue weighted by Gasteiger charge is 2.19. The summed E-state index contributed by atoms with van der Waals surface area (Å²) in [4.78, 5) is 38.2. The van der Waals surface area contributed by atoms with Gasteiger partial charge in [-0.2, -0.15) is 0 Å². The number of allylic oxidation sites excluding steroid dienone is 14. The van der Waals surface area contributed by atoms with E-state index in [2.05, 4.69) is 106 Å². The fourth-order valence-corrected chi connectivity index (χ4v) is 9.80. The molecule has 1 unspecified atom stereocenters. The maximum Gasteiger partial charge on any atom is 0.306 e. The van der Waals surface area contributed by atoms with Crippen molar-refractivity contribution in [1.82, 2.24) is 0 Å². The molecule has 0 N–H and O–H groups in total. The standard InChI is InChI=1S/C73H128O6/c1-4-7-10-13-16-19-21-23-25-27-29-31-33-34-35-36-37-38-40-41-43-45-47-49-51-54-57-60-63-66-72(75)78-69-70(68-77-71(74)65-62-59-56-53-18-15-12-9-6-3)79-73(76)67-64-61-58-55-52-50-48-46-44-42-39-32-30-28-26-24-22-20-17-14-11-8-5-2/h8,11,17,20,24,26-27,29-30,32,42,44,48,50,70H,4-7,9-10,12-16,18-19,21-23,25,28,31,33-41,43,45-47,49,51-69H2,1-3H3/b11-8-,20-17-,26-24-,29-27-,32-30-,44-42-,50-48-. The van der Waals surface area contributed by atoms with Crippen molar-refractivity contribution in [3.8, 4) is 0 Å². The topological polar surface area (TPSA) is 78.9 Å². The Bertz CT molecular complexity index is 1500. The van der Waals surface area contributed by atoms with Crippen molar-refractivity contribution in [2.24, 2.45) is 0 Å². The monoisotopic (exact) mass is 1100 g/mol. The second kappa shape index (κ2) is 67.1. The molecule has 0 heterocycles. The molecule has 456 valence electrons. The first-order chi connectivity index (χ1) is 39.0. The van der Waals surface area contributed by atoms with Crippen LogP contribution in [0.4, 0.5) is 0 Å². The van der Waals surface area contributed by atoms with Crippen LogP contribution in [0.25, 0.3) is 0 Å². The second-order valence-corrected chi connectivity index (χ2v) is 22.7. The van der Waals surface area contributed by atoms with E-state index in [1.807, 2.05) is 0 Å². The largest absolute Gasteiger partial charge is 0.462 e. The summed E-state index contributed by atoms with van der Waals surface area (Å²) in [6, 6.07) is 0. The van der Waals surface area contributed by atoms with Crippen molar-refractivity contribution in [2.45, 2.75) is 348 Å². The summed E-state index contributed by atoms with van der Waals surface area (Å²) in [5.74, 6) is -0.897. The average Bonchev–Trinajstić information content (AvgIpc) is 3.45. The molecule has 6 nitrogen and oxygen atoms in total. The predicted octanol–water partition coefficient (Wildman–Crippen LogP) is 23.4. The van der Waals surface area contributed by atoms with Crippen molar-refractivity contribution in [3.05, 3.63) is 85.1 Å². The van der Waals surface area contributed by atoms with Crippen LogP contribution in [0.5, 0.6) is 0 Å². The van der Waals surface area contributed by atoms with Gasteiger partial charge < -0.3 is 14.2 Å². The molecule has 0 amide bonds. The van der Waals surface area contributed by atoms with Gasteiger partial charge in [0.1, 0.15) is 13.2 Å². The smallest absolute Gasteiger partial charge is 0.306 e. The number of esters is 3. The Hall–Kier alpha value is -3.41. The number of unbranched alkanes of at least 4 members (excludes halogenated alkanes) is 37. The van der Waals surface area contributed by atoms with Crippen LogP contribution in [0.2, 0.25) is 0 Å². The van der Waals surface area contributed by atoms with Crippen molar-refractivity contribution in [3.63, 3.8) is 0 Å². The maximum absolute atomic E-state index is 12.9. The molecule has 0 radical (unpaired) electrons. The van der Waals surface area contributed by atoms with E-state index in [0.717, 1.165) is 109 Å². The van der Waals surface area contributed by atoms with Gasteiger partial charge >= 0.3 is 17.9 Å². The van der Waals surface area contributed by atoms with E-state index in [4.69, 9.17) is 14.2 Å². The van der Waals surface area contributed by atoms with Gasteiger partial charge in [0.25, 0.3) is 0 Å². The van der Waals surface area contributed by atoms with E-state index in [-0.39, 0.29) is 31.1 Å². The lowest BCUT2D eigenvalue weighted by Gasteiger charge is -2.18. The molecule has 0 aliphatic rings. The highest BCUT2D eigenvalue weighted by Crippen LogP contribution is 2.17. The number of hydrogen-bond acceptors (Lipinski definition) is 6. The van der Waals surface area contributed by atoms with Crippen LogP contribution in [0.15, 0.2) is 85.1 Å². The minimum Gasteiger partial charge on any atom is -0.462 e. The van der Waals surface area contributed by atoms with Gasteiger partial charge in [0.05, 0.1) is 0 Å². The van der Waals surface area contributed by atoms with E-state index in [9.17, 15) is 14.4 Å². The third-order valence-electron chi connectivity index (χ3n) is 14.9. The minimum absolute atomic E-state index is 0.0838. The van der Waals surface area contributed by atoms with Crippen LogP contribution in [-0.4, -0.2) is 37.2 Å². The highest BCUT2D eigenvalue weighted by molar-refractivity contribution is 5.71. The molecular formula is C73H128O6. The van der Waals surface area contributed by atoms with Crippen LogP contribution in [0, 0.1) is 0 Å². The first kappa shape index (κ1) is 75.6. The normalized spacial score (nSPS) is 12.6. The summed E-state index contributed by atoms with van der Waals surface area (Å²) in [6.45, 7) is 6.52. The van der Waals surface area contributed by atoms with E-state index in [1.54, 1.807) is 0 Å². The molecule has 0 aromatic heterocycles. The van der Waals surface area contributed by atoms with Gasteiger partial charge in [-0.3, -0.25) is 14.4 Å². The van der Waals surface area contributed by atoms with Gasteiger partial charge in [0.2, 0.25) is 0 Å². The van der Waals surface area contributed by atoms with Gasteiger partial charge in [-0.15, -0.1) is 0 Å². The van der Waals surface area contributed by atoms with Crippen LogP contribution in [0.1, 0.15) is 342 Å². The fourth-order valence-electron chi connectivity index (χ4n) is 9.80. The Morgan fingerprint density at radius 2 is 0.494 bits per heavy atom. The zero-order valence-corrected chi connectivity index (χ0v) is 52.4. The maximum atomic E-state index is 12.9. The number of rotatable bonds is 62. The molecule has 0 aromatic rings. The quantitative estimate of drug-likeness (QED) is 0.0261. The van der Waals surface area contributed by atoms with Crippen molar-refractivity contribution in [2.75, 3.05) is 13.2 Å². The zero-order valence-electron chi connectivity index (χ0n) is 52.4. The molecular weight excluding hydrogens is 973 g/mol. The molecule has 1 atom stereocenters. The van der Waals surface area contributed by atoms with Crippen LogP contribution in [0.3, 0.4) is 0 Å². The molecule has 0 saturated heterocycles. The molecule has 0 aromatic carbocycles. The predicted molar refractivity (Wildman–Crippen MR) is 344 cm³/mol. The molecule has 0 bridgehead atoms. The van der Waals surface area contributed by atoms with Gasteiger partial charge in [0.15, 0.2) is 6.10 Å². The Kier molecular flexibility index (Phi) is 64.2. The third kappa shape index (κ3) is 65.3. The van der Waals surface area contributed by atoms with E-state index in [0.29, 0.717) is 19.3 Å². The van der Waals surface area contributed by atoms with Crippen LogP contribution >= 0.6 is 0 Å². The first-order valence-electron chi connectivity index (χ1n) is 34.1. The Morgan fingerprint density at radius 3 is 0.785 bits per heavy atom. The van der Waals surface area contributed by atoms with Gasteiger partial charge in [-0.1, -0.05) is 311 Å². The number of carbonyl (C=O) groups excluding carboxylic acids is 3. The van der Waals surface area contributed by atoms with Gasteiger partial charge in [-0.05, 0) is 96.3 Å².